The van der Waals surface area contributed by atoms with Gasteiger partial charge in [0.25, 0.3) is 0 Å². The molecule has 0 saturated heterocycles. The van der Waals surface area contributed by atoms with E-state index in [0.29, 0.717) is 0 Å². The summed E-state index contributed by atoms with van der Waals surface area (Å²) in [6, 6.07) is 0. The molecule has 0 aromatic heterocycles. The van der Waals surface area contributed by atoms with Crippen molar-refractivity contribution in [2.45, 2.75) is 33.2 Å². The Labute approximate surface area is 69.1 Å². The molecule has 0 saturated carbocycles. The number of nitrogens with one attached hydrogen (secondary N) is 1. The monoisotopic (exact) mass is 179 g/mol. The second-order valence-electron chi connectivity index (χ2n) is 3.60. The smallest absolute Gasteiger partial charge is 0.162 e. The molecule has 3 nitrogen and oxygen atoms in total. The van der Waals surface area contributed by atoms with Gasteiger partial charge in [0.05, 0.1) is 5.88 Å². The Hall–Kier alpha value is -0.0900. The molecule has 0 spiro atoms. The molecule has 68 valence electrons. The van der Waals surface area contributed by atoms with E-state index in [1.54, 1.807) is 6.92 Å². The predicted molar refractivity (Wildman–Crippen MR) is 47.2 cm³/mol. The summed E-state index contributed by atoms with van der Waals surface area (Å²) in [5.74, 6) is 0.281. The third kappa shape index (κ3) is 6.31. The van der Waals surface area contributed by atoms with Crippen molar-refractivity contribution in [3.63, 3.8) is 0 Å². The molecule has 0 heterocycles. The second kappa shape index (κ2) is 3.54. The minimum Gasteiger partial charge on any atom is -0.299 e. The quantitative estimate of drug-likeness (QED) is 0.696. The highest BCUT2D eigenvalue weighted by Crippen LogP contribution is 1.99. The van der Waals surface area contributed by atoms with Crippen molar-refractivity contribution in [2.75, 3.05) is 11.6 Å². The second-order valence-corrected chi connectivity index (χ2v) is 5.96. The fourth-order valence-corrected chi connectivity index (χ4v) is 1.29. The van der Waals surface area contributed by atoms with E-state index in [-0.39, 0.29) is 17.2 Å². The summed E-state index contributed by atoms with van der Waals surface area (Å²) in [6.07, 6.45) is 0. The van der Waals surface area contributed by atoms with Crippen molar-refractivity contribution in [1.82, 2.24) is 5.32 Å². The predicted octanol–water partition coefficient (Wildman–Crippen LogP) is 0.767. The third-order valence-electron chi connectivity index (χ3n) is 1.26. The molecule has 0 aliphatic rings. The molecule has 0 aromatic carbocycles. The van der Waals surface area contributed by atoms with Gasteiger partial charge in [0.15, 0.2) is 9.84 Å². The molecular weight excluding hydrogens is 162 g/mol. The maximum atomic E-state index is 11.0. The van der Waals surface area contributed by atoms with Crippen LogP contribution in [0.5, 0.6) is 0 Å². The normalized spacial score (nSPS) is 13.5. The van der Waals surface area contributed by atoms with E-state index in [1.165, 1.54) is 0 Å². The van der Waals surface area contributed by atoms with Crippen LogP contribution in [0.3, 0.4) is 0 Å². The van der Waals surface area contributed by atoms with Gasteiger partial charge in [0.1, 0.15) is 0 Å². The van der Waals surface area contributed by atoms with Gasteiger partial charge in [-0.2, -0.15) is 0 Å². The Balaban J connectivity index is 3.91. The molecule has 0 rings (SSSR count). The van der Waals surface area contributed by atoms with E-state index >= 15 is 0 Å². The number of rotatable bonds is 3. The molecule has 0 amide bonds. The van der Waals surface area contributed by atoms with Crippen LogP contribution in [0.1, 0.15) is 27.7 Å². The molecular formula is C7H17NO2S. The molecule has 0 aromatic rings. The lowest BCUT2D eigenvalue weighted by Crippen LogP contribution is -2.39. The first kappa shape index (κ1) is 10.9. The zero-order valence-corrected chi connectivity index (χ0v) is 8.46. The minimum absolute atomic E-state index is 0.0764. The van der Waals surface area contributed by atoms with E-state index < -0.39 is 9.84 Å². The van der Waals surface area contributed by atoms with Crippen LogP contribution < -0.4 is 5.32 Å². The van der Waals surface area contributed by atoms with Crippen molar-refractivity contribution in [3.05, 3.63) is 0 Å². The van der Waals surface area contributed by atoms with Crippen molar-refractivity contribution in [2.24, 2.45) is 0 Å². The maximum absolute atomic E-state index is 11.0. The highest BCUT2D eigenvalue weighted by Gasteiger charge is 2.13. The van der Waals surface area contributed by atoms with Crippen molar-refractivity contribution in [1.29, 1.82) is 0 Å². The molecule has 0 fully saturated rings. The summed E-state index contributed by atoms with van der Waals surface area (Å²) in [5, 5.41) is 2.93. The lowest BCUT2D eigenvalue weighted by molar-refractivity contribution is 0.452. The van der Waals surface area contributed by atoms with Crippen molar-refractivity contribution in [3.8, 4) is 0 Å². The molecule has 11 heavy (non-hydrogen) atoms. The van der Waals surface area contributed by atoms with Gasteiger partial charge in [-0.15, -0.1) is 0 Å². The van der Waals surface area contributed by atoms with E-state index in [2.05, 4.69) is 5.32 Å². The van der Waals surface area contributed by atoms with Crippen LogP contribution in [0.15, 0.2) is 0 Å². The Bertz CT molecular complexity index is 201. The molecule has 0 aliphatic heterocycles. The van der Waals surface area contributed by atoms with Gasteiger partial charge in [-0.3, -0.25) is 5.32 Å². The Morgan fingerprint density at radius 2 is 1.73 bits per heavy atom. The van der Waals surface area contributed by atoms with Crippen LogP contribution in [-0.4, -0.2) is 25.6 Å². The van der Waals surface area contributed by atoms with Gasteiger partial charge >= 0.3 is 0 Å². The van der Waals surface area contributed by atoms with Crippen LogP contribution in [0.25, 0.3) is 0 Å². The lowest BCUT2D eigenvalue weighted by atomic mass is 10.1. The van der Waals surface area contributed by atoms with E-state index in [1.807, 2.05) is 20.8 Å². The van der Waals surface area contributed by atoms with Crippen LogP contribution in [0, 0.1) is 0 Å². The Morgan fingerprint density at radius 1 is 1.27 bits per heavy atom. The molecule has 0 bridgehead atoms. The number of hydrogen-bond donors (Lipinski definition) is 1. The number of hydrogen-bond acceptors (Lipinski definition) is 3. The average molecular weight is 179 g/mol. The fourth-order valence-electron chi connectivity index (χ4n) is 0.429. The highest BCUT2D eigenvalue weighted by molar-refractivity contribution is 7.91. The van der Waals surface area contributed by atoms with Gasteiger partial charge < -0.3 is 0 Å². The molecule has 1 N–H and O–H groups in total. The zero-order valence-electron chi connectivity index (χ0n) is 7.64. The summed E-state index contributed by atoms with van der Waals surface area (Å²) in [7, 11) is -2.86. The summed E-state index contributed by atoms with van der Waals surface area (Å²) >= 11 is 0. The Morgan fingerprint density at radius 3 is 2.00 bits per heavy atom. The van der Waals surface area contributed by atoms with Crippen molar-refractivity contribution < 1.29 is 8.42 Å². The Kier molecular flexibility index (Phi) is 3.51. The largest absolute Gasteiger partial charge is 0.299 e. The molecule has 0 aliphatic carbocycles. The topological polar surface area (TPSA) is 46.2 Å². The summed E-state index contributed by atoms with van der Waals surface area (Å²) in [6.45, 7) is 7.48. The standard InChI is InChI=1S/C7H17NO2S/c1-5-11(9,10)6-8-7(2,3)4/h8H,5-6H2,1-4H3. The van der Waals surface area contributed by atoms with E-state index in [9.17, 15) is 8.42 Å². The zero-order chi connectivity index (χ0) is 9.12. The lowest BCUT2D eigenvalue weighted by Gasteiger charge is -2.19. The van der Waals surface area contributed by atoms with Crippen LogP contribution >= 0.6 is 0 Å². The first-order valence-electron chi connectivity index (χ1n) is 3.72. The first-order chi connectivity index (χ1) is 4.77. The molecule has 0 atom stereocenters. The van der Waals surface area contributed by atoms with Gasteiger partial charge in [0, 0.05) is 11.3 Å². The van der Waals surface area contributed by atoms with E-state index in [0.717, 1.165) is 0 Å². The highest BCUT2D eigenvalue weighted by atomic mass is 32.2. The van der Waals surface area contributed by atoms with E-state index in [4.69, 9.17) is 0 Å². The van der Waals surface area contributed by atoms with Crippen molar-refractivity contribution >= 4 is 9.84 Å². The molecule has 4 heteroatoms. The summed E-state index contributed by atoms with van der Waals surface area (Å²) in [4.78, 5) is 0. The third-order valence-corrected chi connectivity index (χ3v) is 2.73. The number of sulfone groups is 1. The van der Waals surface area contributed by atoms with Crippen LogP contribution in [0.4, 0.5) is 0 Å². The van der Waals surface area contributed by atoms with Crippen LogP contribution in [-0.2, 0) is 9.84 Å². The van der Waals surface area contributed by atoms with Gasteiger partial charge in [0.2, 0.25) is 0 Å². The fraction of sp³-hybridized carbons (Fsp3) is 1.00. The van der Waals surface area contributed by atoms with Gasteiger partial charge in [-0.05, 0) is 20.8 Å². The van der Waals surface area contributed by atoms with Gasteiger partial charge in [-0.25, -0.2) is 8.42 Å². The van der Waals surface area contributed by atoms with Crippen LogP contribution in [0.2, 0.25) is 0 Å². The first-order valence-corrected chi connectivity index (χ1v) is 5.54. The SMILES string of the molecule is CCS(=O)(=O)CNC(C)(C)C. The average Bonchev–Trinajstić information content (AvgIpc) is 1.83. The molecule has 0 radical (unpaired) electrons. The van der Waals surface area contributed by atoms with Gasteiger partial charge in [-0.1, -0.05) is 6.92 Å². The summed E-state index contributed by atoms with van der Waals surface area (Å²) in [5.41, 5.74) is -0.123. The summed E-state index contributed by atoms with van der Waals surface area (Å²) < 4.78 is 22.0. The maximum Gasteiger partial charge on any atom is 0.162 e. The molecule has 0 unspecified atom stereocenters. The minimum atomic E-state index is -2.86.